The minimum Gasteiger partial charge on any atom is -0.497 e. The molecule has 1 atom stereocenters. The first kappa shape index (κ1) is 19.9. The molecule has 0 amide bonds. The molecule has 2 aliphatic rings. The summed E-state index contributed by atoms with van der Waals surface area (Å²) < 4.78 is 46.2. The topological polar surface area (TPSA) is 95.3 Å². The van der Waals surface area contributed by atoms with Gasteiger partial charge in [0.2, 0.25) is 11.2 Å². The molecular weight excluding hydrogens is 422 g/mol. The average Bonchev–Trinajstić information content (AvgIpc) is 3.15. The Morgan fingerprint density at radius 3 is 2.58 bits per heavy atom. The molecule has 3 aromatic rings. The molecule has 2 aromatic carbocycles. The van der Waals surface area contributed by atoms with Crippen molar-refractivity contribution in [3.8, 4) is 23.0 Å². The van der Waals surface area contributed by atoms with Gasteiger partial charge in [-0.15, -0.1) is 0 Å². The summed E-state index contributed by atoms with van der Waals surface area (Å²) in [5.41, 5.74) is 0.872. The maximum absolute atomic E-state index is 13.0. The van der Waals surface area contributed by atoms with Crippen molar-refractivity contribution in [2.75, 3.05) is 25.3 Å². The maximum atomic E-state index is 13.0. The standard InChI is InChI=1S/C22H21NO7S/c1-27-15-2-4-16(5-3-15)30-20-11-28-22-17(21(20)24)6-7-19-18(22)10-23(13-29-19)14-8-9-31(25,26)12-14/h2-7,11,14H,8-10,12-13H2,1H3/t14-/m0/s1. The molecule has 1 saturated heterocycles. The fourth-order valence-corrected chi connectivity index (χ4v) is 5.81. The number of fused-ring (bicyclic) bond motifs is 3. The second-order valence-electron chi connectivity index (χ2n) is 7.70. The summed E-state index contributed by atoms with van der Waals surface area (Å²) in [6.07, 6.45) is 1.88. The van der Waals surface area contributed by atoms with Gasteiger partial charge < -0.3 is 18.6 Å². The van der Waals surface area contributed by atoms with E-state index in [1.54, 1.807) is 43.5 Å². The van der Waals surface area contributed by atoms with Crippen LogP contribution in [0.1, 0.15) is 12.0 Å². The van der Waals surface area contributed by atoms with Gasteiger partial charge in [0.25, 0.3) is 0 Å². The Labute approximate surface area is 178 Å². The first-order valence-electron chi connectivity index (χ1n) is 9.90. The Morgan fingerprint density at radius 2 is 1.87 bits per heavy atom. The smallest absolute Gasteiger partial charge is 0.235 e. The molecule has 9 heteroatoms. The molecule has 3 heterocycles. The highest BCUT2D eigenvalue weighted by atomic mass is 32.2. The third-order valence-corrected chi connectivity index (χ3v) is 7.48. The van der Waals surface area contributed by atoms with Crippen LogP contribution in [0.4, 0.5) is 0 Å². The number of rotatable bonds is 4. The van der Waals surface area contributed by atoms with Gasteiger partial charge in [-0.3, -0.25) is 9.69 Å². The second kappa shape index (κ2) is 7.58. The Bertz CT molecular complexity index is 1300. The van der Waals surface area contributed by atoms with Crippen molar-refractivity contribution >= 4 is 20.8 Å². The molecule has 0 aliphatic carbocycles. The van der Waals surface area contributed by atoms with Gasteiger partial charge in [0.15, 0.2) is 9.84 Å². The highest BCUT2D eigenvalue weighted by molar-refractivity contribution is 7.91. The van der Waals surface area contributed by atoms with Gasteiger partial charge in [0, 0.05) is 12.6 Å². The maximum Gasteiger partial charge on any atom is 0.235 e. The largest absolute Gasteiger partial charge is 0.497 e. The fraction of sp³-hybridized carbons (Fsp3) is 0.318. The van der Waals surface area contributed by atoms with Crippen LogP contribution < -0.4 is 19.6 Å². The van der Waals surface area contributed by atoms with Crippen LogP contribution in [-0.4, -0.2) is 44.7 Å². The first-order valence-corrected chi connectivity index (χ1v) is 11.7. The molecule has 5 rings (SSSR count). The molecule has 1 aromatic heterocycles. The minimum absolute atomic E-state index is 0.0769. The summed E-state index contributed by atoms with van der Waals surface area (Å²) in [7, 11) is -1.43. The molecule has 0 N–H and O–H groups in total. The number of methoxy groups -OCH3 is 1. The van der Waals surface area contributed by atoms with Crippen LogP contribution in [0, 0.1) is 0 Å². The van der Waals surface area contributed by atoms with Gasteiger partial charge in [-0.1, -0.05) is 0 Å². The Morgan fingerprint density at radius 1 is 1.10 bits per heavy atom. The third-order valence-electron chi connectivity index (χ3n) is 5.73. The van der Waals surface area contributed by atoms with Crippen molar-refractivity contribution in [1.82, 2.24) is 4.90 Å². The molecule has 0 spiro atoms. The lowest BCUT2D eigenvalue weighted by molar-refractivity contribution is 0.0649. The number of hydrogen-bond acceptors (Lipinski definition) is 8. The molecule has 0 saturated carbocycles. The van der Waals surface area contributed by atoms with E-state index in [9.17, 15) is 13.2 Å². The summed E-state index contributed by atoms with van der Waals surface area (Å²) in [5.74, 6) is 2.20. The van der Waals surface area contributed by atoms with E-state index in [0.29, 0.717) is 47.9 Å². The molecule has 0 bridgehead atoms. The van der Waals surface area contributed by atoms with E-state index in [-0.39, 0.29) is 28.7 Å². The lowest BCUT2D eigenvalue weighted by Crippen LogP contribution is -2.41. The number of sulfone groups is 1. The van der Waals surface area contributed by atoms with Crippen molar-refractivity contribution in [3.05, 3.63) is 58.4 Å². The van der Waals surface area contributed by atoms with Gasteiger partial charge in [0.1, 0.15) is 35.8 Å². The van der Waals surface area contributed by atoms with E-state index >= 15 is 0 Å². The molecule has 1 fully saturated rings. The van der Waals surface area contributed by atoms with Crippen molar-refractivity contribution in [1.29, 1.82) is 0 Å². The quantitative estimate of drug-likeness (QED) is 0.607. The summed E-state index contributed by atoms with van der Waals surface area (Å²) in [5, 5.41) is 0.384. The predicted molar refractivity (Wildman–Crippen MR) is 114 cm³/mol. The van der Waals surface area contributed by atoms with Crippen LogP contribution >= 0.6 is 0 Å². The van der Waals surface area contributed by atoms with Crippen LogP contribution in [0.3, 0.4) is 0 Å². The molecule has 2 aliphatic heterocycles. The van der Waals surface area contributed by atoms with E-state index in [0.717, 1.165) is 5.56 Å². The zero-order valence-corrected chi connectivity index (χ0v) is 17.7. The molecule has 162 valence electrons. The van der Waals surface area contributed by atoms with E-state index < -0.39 is 9.84 Å². The number of benzene rings is 2. The van der Waals surface area contributed by atoms with E-state index in [4.69, 9.17) is 18.6 Å². The number of hydrogen-bond donors (Lipinski definition) is 0. The van der Waals surface area contributed by atoms with E-state index in [1.165, 1.54) is 6.26 Å². The molecular formula is C22H21NO7S. The molecule has 0 radical (unpaired) electrons. The molecule has 0 unspecified atom stereocenters. The SMILES string of the molecule is COc1ccc(Oc2coc3c4c(ccc3c2=O)OCN([C@H]2CCS(=O)(=O)C2)C4)cc1. The monoisotopic (exact) mass is 443 g/mol. The van der Waals surface area contributed by atoms with Gasteiger partial charge in [-0.25, -0.2) is 8.42 Å². The predicted octanol–water partition coefficient (Wildman–Crippen LogP) is 2.93. The molecule has 31 heavy (non-hydrogen) atoms. The minimum atomic E-state index is -3.01. The van der Waals surface area contributed by atoms with Gasteiger partial charge in [0.05, 0.1) is 29.6 Å². The van der Waals surface area contributed by atoms with Gasteiger partial charge in [-0.05, 0) is 42.8 Å². The first-order chi connectivity index (χ1) is 14.9. The Balaban J connectivity index is 1.46. The summed E-state index contributed by atoms with van der Waals surface area (Å²) in [6.45, 7) is 0.760. The zero-order chi connectivity index (χ0) is 21.6. The third kappa shape index (κ3) is 3.75. The number of ether oxygens (including phenoxy) is 3. The summed E-state index contributed by atoms with van der Waals surface area (Å²) in [4.78, 5) is 15.0. The fourth-order valence-electron chi connectivity index (χ4n) is 4.05. The summed E-state index contributed by atoms with van der Waals surface area (Å²) >= 11 is 0. The van der Waals surface area contributed by atoms with Crippen molar-refractivity contribution in [2.24, 2.45) is 0 Å². The summed E-state index contributed by atoms with van der Waals surface area (Å²) in [6, 6.07) is 10.2. The van der Waals surface area contributed by atoms with Crippen molar-refractivity contribution in [2.45, 2.75) is 19.0 Å². The van der Waals surface area contributed by atoms with Crippen LogP contribution in [0.25, 0.3) is 11.0 Å². The average molecular weight is 443 g/mol. The van der Waals surface area contributed by atoms with Crippen LogP contribution in [-0.2, 0) is 16.4 Å². The van der Waals surface area contributed by atoms with Crippen LogP contribution in [0.2, 0.25) is 0 Å². The Kier molecular flexibility index (Phi) is 4.86. The lowest BCUT2D eigenvalue weighted by atomic mass is 10.1. The lowest BCUT2D eigenvalue weighted by Gasteiger charge is -2.33. The Hall–Kier alpha value is -3.04. The van der Waals surface area contributed by atoms with E-state index in [1.807, 2.05) is 4.90 Å². The zero-order valence-electron chi connectivity index (χ0n) is 16.9. The normalized spacial score (nSPS) is 20.2. The van der Waals surface area contributed by atoms with Crippen LogP contribution in [0.15, 0.2) is 51.9 Å². The second-order valence-corrected chi connectivity index (χ2v) is 9.93. The van der Waals surface area contributed by atoms with E-state index in [2.05, 4.69) is 0 Å². The highest BCUT2D eigenvalue weighted by Crippen LogP contribution is 2.34. The van der Waals surface area contributed by atoms with Crippen LogP contribution in [0.5, 0.6) is 23.0 Å². The molecule has 8 nitrogen and oxygen atoms in total. The van der Waals surface area contributed by atoms with Gasteiger partial charge >= 0.3 is 0 Å². The van der Waals surface area contributed by atoms with Gasteiger partial charge in [-0.2, -0.15) is 0 Å². The van der Waals surface area contributed by atoms with Crippen molar-refractivity contribution in [3.63, 3.8) is 0 Å². The highest BCUT2D eigenvalue weighted by Gasteiger charge is 2.35. The van der Waals surface area contributed by atoms with Crippen molar-refractivity contribution < 1.29 is 27.0 Å². The number of nitrogens with zero attached hydrogens (tertiary/aromatic N) is 1.